The highest BCUT2D eigenvalue weighted by molar-refractivity contribution is 6.12. The predicted octanol–water partition coefficient (Wildman–Crippen LogP) is 13.2. The van der Waals surface area contributed by atoms with E-state index in [2.05, 4.69) is 210 Å². The van der Waals surface area contributed by atoms with E-state index in [1.165, 1.54) is 49.3 Å². The van der Waals surface area contributed by atoms with Gasteiger partial charge in [-0.15, -0.1) is 0 Å². The minimum Gasteiger partial charge on any atom is -0.310 e. The Morgan fingerprint density at radius 3 is 1.62 bits per heavy atom. The molecule has 8 aromatic carbocycles. The topological polar surface area (TPSA) is 8.17 Å². The van der Waals surface area contributed by atoms with E-state index >= 15 is 0 Å². The number of para-hydroxylation sites is 2. The van der Waals surface area contributed by atoms with E-state index in [0.717, 1.165) is 28.3 Å². The third-order valence-corrected chi connectivity index (χ3v) is 9.54. The molecule has 0 N–H and O–H groups in total. The highest BCUT2D eigenvalue weighted by Crippen LogP contribution is 2.41. The van der Waals surface area contributed by atoms with Crippen LogP contribution in [-0.2, 0) is 0 Å². The average molecular weight is 639 g/mol. The first-order valence-electron chi connectivity index (χ1n) is 17.1. The van der Waals surface area contributed by atoms with Gasteiger partial charge in [-0.2, -0.15) is 0 Å². The summed E-state index contributed by atoms with van der Waals surface area (Å²) < 4.78 is 2.39. The van der Waals surface area contributed by atoms with Crippen LogP contribution in [0.4, 0.5) is 17.1 Å². The second kappa shape index (κ2) is 12.8. The van der Waals surface area contributed by atoms with Crippen LogP contribution in [0.2, 0.25) is 0 Å². The molecule has 0 spiro atoms. The van der Waals surface area contributed by atoms with E-state index in [1.54, 1.807) is 0 Å². The molecule has 2 heteroatoms. The Bertz CT molecular complexity index is 2620. The first-order chi connectivity index (χ1) is 24.8. The lowest BCUT2D eigenvalue weighted by Crippen LogP contribution is -2.09. The molecule has 1 heterocycles. The van der Waals surface area contributed by atoms with Gasteiger partial charge in [0.2, 0.25) is 0 Å². The van der Waals surface area contributed by atoms with Crippen molar-refractivity contribution >= 4 is 61.8 Å². The van der Waals surface area contributed by atoms with Crippen LogP contribution in [0.1, 0.15) is 11.1 Å². The van der Waals surface area contributed by atoms with Crippen molar-refractivity contribution in [3.05, 3.63) is 205 Å². The Morgan fingerprint density at radius 1 is 0.360 bits per heavy atom. The maximum atomic E-state index is 2.39. The van der Waals surface area contributed by atoms with E-state index in [4.69, 9.17) is 0 Å². The van der Waals surface area contributed by atoms with Gasteiger partial charge in [0, 0.05) is 33.5 Å². The van der Waals surface area contributed by atoms with Gasteiger partial charge in [0.1, 0.15) is 0 Å². The van der Waals surface area contributed by atoms with Crippen molar-refractivity contribution in [2.45, 2.75) is 0 Å². The van der Waals surface area contributed by atoms with Gasteiger partial charge in [0.15, 0.2) is 0 Å². The Balaban J connectivity index is 1.20. The van der Waals surface area contributed by atoms with Crippen molar-refractivity contribution in [3.8, 4) is 16.8 Å². The molecule has 0 unspecified atom stereocenters. The summed E-state index contributed by atoms with van der Waals surface area (Å²) in [7, 11) is 0. The number of benzene rings is 8. The summed E-state index contributed by atoms with van der Waals surface area (Å²) in [5.74, 6) is 0. The summed E-state index contributed by atoms with van der Waals surface area (Å²) in [6, 6.07) is 69.7. The largest absolute Gasteiger partial charge is 0.310 e. The standard InChI is InChI=1S/C48H34N2/c1-4-12-35(13-5-1)20-21-36-22-27-43(28-23-36)49(41-16-6-2-7-17-41)44-29-31-48-46(34-44)45-33-40(39-25-24-37-14-10-11-15-38(37)32-39)26-30-47(45)50(48)42-18-8-3-9-19-42/h1-34H/b21-20+. The fourth-order valence-electron chi connectivity index (χ4n) is 7.07. The maximum absolute atomic E-state index is 2.39. The number of aromatic nitrogens is 1. The Labute approximate surface area is 292 Å². The number of hydrogen-bond acceptors (Lipinski definition) is 1. The van der Waals surface area contributed by atoms with Crippen LogP contribution >= 0.6 is 0 Å². The zero-order chi connectivity index (χ0) is 33.3. The molecule has 0 radical (unpaired) electrons. The molecule has 2 nitrogen and oxygen atoms in total. The maximum Gasteiger partial charge on any atom is 0.0542 e. The smallest absolute Gasteiger partial charge is 0.0542 e. The highest BCUT2D eigenvalue weighted by atomic mass is 15.1. The predicted molar refractivity (Wildman–Crippen MR) is 214 cm³/mol. The van der Waals surface area contributed by atoms with E-state index < -0.39 is 0 Å². The molecule has 9 rings (SSSR count). The number of fused-ring (bicyclic) bond motifs is 4. The summed E-state index contributed by atoms with van der Waals surface area (Å²) in [4.78, 5) is 2.35. The second-order valence-electron chi connectivity index (χ2n) is 12.7. The number of hydrogen-bond donors (Lipinski definition) is 0. The Hall–Kier alpha value is -6.64. The summed E-state index contributed by atoms with van der Waals surface area (Å²) in [6.07, 6.45) is 4.33. The van der Waals surface area contributed by atoms with Gasteiger partial charge >= 0.3 is 0 Å². The first-order valence-corrected chi connectivity index (χ1v) is 17.1. The van der Waals surface area contributed by atoms with E-state index in [-0.39, 0.29) is 0 Å². The molecule has 0 fully saturated rings. The van der Waals surface area contributed by atoms with E-state index in [0.29, 0.717) is 0 Å². The monoisotopic (exact) mass is 638 g/mol. The van der Waals surface area contributed by atoms with Crippen LogP contribution in [0, 0.1) is 0 Å². The Morgan fingerprint density at radius 2 is 0.880 bits per heavy atom. The second-order valence-corrected chi connectivity index (χ2v) is 12.7. The minimum atomic E-state index is 1.11. The first kappa shape index (κ1) is 29.5. The molecule has 0 atom stereocenters. The molecular weight excluding hydrogens is 605 g/mol. The van der Waals surface area contributed by atoms with Gasteiger partial charge in [-0.3, -0.25) is 0 Å². The molecular formula is C48H34N2. The van der Waals surface area contributed by atoms with Gasteiger partial charge in [0.05, 0.1) is 11.0 Å². The number of nitrogens with zero attached hydrogens (tertiary/aromatic N) is 2. The molecule has 9 aromatic rings. The van der Waals surface area contributed by atoms with Crippen molar-refractivity contribution in [3.63, 3.8) is 0 Å². The summed E-state index contributed by atoms with van der Waals surface area (Å²) >= 11 is 0. The van der Waals surface area contributed by atoms with Crippen molar-refractivity contribution in [2.75, 3.05) is 4.90 Å². The normalized spacial score (nSPS) is 11.5. The van der Waals surface area contributed by atoms with E-state index in [9.17, 15) is 0 Å². The van der Waals surface area contributed by atoms with Crippen LogP contribution in [0.15, 0.2) is 194 Å². The summed E-state index contributed by atoms with van der Waals surface area (Å²) in [6.45, 7) is 0. The highest BCUT2D eigenvalue weighted by Gasteiger charge is 2.18. The molecule has 0 aliphatic carbocycles. The summed E-state index contributed by atoms with van der Waals surface area (Å²) in [5, 5.41) is 4.95. The average Bonchev–Trinajstić information content (AvgIpc) is 3.52. The molecule has 1 aromatic heterocycles. The molecule has 0 bridgehead atoms. The van der Waals surface area contributed by atoms with Gasteiger partial charge < -0.3 is 9.47 Å². The van der Waals surface area contributed by atoms with Gasteiger partial charge in [-0.25, -0.2) is 0 Å². The molecule has 0 saturated carbocycles. The Kier molecular flexibility index (Phi) is 7.53. The third kappa shape index (κ3) is 5.53. The van der Waals surface area contributed by atoms with E-state index in [1.807, 2.05) is 6.07 Å². The number of anilines is 3. The van der Waals surface area contributed by atoms with Crippen LogP contribution < -0.4 is 4.90 Å². The van der Waals surface area contributed by atoms with Gasteiger partial charge in [0.25, 0.3) is 0 Å². The molecule has 0 amide bonds. The van der Waals surface area contributed by atoms with Gasteiger partial charge in [-0.1, -0.05) is 133 Å². The molecule has 236 valence electrons. The van der Waals surface area contributed by atoms with Crippen molar-refractivity contribution in [1.82, 2.24) is 4.57 Å². The molecule has 0 saturated heterocycles. The summed E-state index contributed by atoms with van der Waals surface area (Å²) in [5.41, 5.74) is 11.6. The lowest BCUT2D eigenvalue weighted by atomic mass is 9.99. The van der Waals surface area contributed by atoms with Crippen LogP contribution in [-0.4, -0.2) is 4.57 Å². The fraction of sp³-hybridized carbons (Fsp3) is 0. The SMILES string of the molecule is C(=C\c1ccc(N(c2ccccc2)c2ccc3c(c2)c2cc(-c4ccc5ccccc5c4)ccc2n3-c2ccccc2)cc1)/c1ccccc1. The number of rotatable bonds is 7. The van der Waals surface area contributed by atoms with Crippen LogP contribution in [0.3, 0.4) is 0 Å². The lowest BCUT2D eigenvalue weighted by Gasteiger charge is -2.25. The molecule has 0 aliphatic rings. The molecule has 50 heavy (non-hydrogen) atoms. The van der Waals surface area contributed by atoms with Crippen LogP contribution in [0.25, 0.3) is 61.5 Å². The van der Waals surface area contributed by atoms with Crippen LogP contribution in [0.5, 0.6) is 0 Å². The van der Waals surface area contributed by atoms with Crippen molar-refractivity contribution < 1.29 is 0 Å². The van der Waals surface area contributed by atoms with Crippen molar-refractivity contribution in [1.29, 1.82) is 0 Å². The third-order valence-electron chi connectivity index (χ3n) is 9.54. The minimum absolute atomic E-state index is 1.11. The fourth-order valence-corrected chi connectivity index (χ4v) is 7.07. The molecule has 0 aliphatic heterocycles. The van der Waals surface area contributed by atoms with Gasteiger partial charge in [-0.05, 0) is 106 Å². The zero-order valence-corrected chi connectivity index (χ0v) is 27.5. The lowest BCUT2D eigenvalue weighted by molar-refractivity contribution is 1.18. The quantitative estimate of drug-likeness (QED) is 0.158. The zero-order valence-electron chi connectivity index (χ0n) is 27.5. The van der Waals surface area contributed by atoms with Crippen molar-refractivity contribution in [2.24, 2.45) is 0 Å².